The largest absolute Gasteiger partial charge is 0.387 e. The van der Waals surface area contributed by atoms with Crippen LogP contribution in [0.15, 0.2) is 12.4 Å². The number of rotatable bonds is 6. The second-order valence-electron chi connectivity index (χ2n) is 11.8. The molecule has 0 spiro atoms. The molecule has 4 aliphatic carbocycles. The number of aliphatic hydroxyl groups is 1. The Hall–Kier alpha value is -1.38. The molecule has 0 amide bonds. The first kappa shape index (κ1) is 22.4. The average molecular weight is 440 g/mol. The molecule has 0 bridgehead atoms. The highest BCUT2D eigenvalue weighted by molar-refractivity contribution is 5.21. The predicted octanol–water partition coefficient (Wildman–Crippen LogP) is 5.18. The standard InChI is InChI=1S/C27H41N3O2/c1-3-32-18-27(31)12-9-22-20(14-27)4-6-24-23(22)8-11-26(2)21(5-7-25(24)26)10-13-30-17-19(15-28)16-29-30/h16-17,20-25,31H,3-14,18H2,1-2H3/t20-,21-,22+,23-,24-,25+,26-,27-/m1/s1. The van der Waals surface area contributed by atoms with Crippen molar-refractivity contribution in [3.05, 3.63) is 18.0 Å². The van der Waals surface area contributed by atoms with E-state index in [1.54, 1.807) is 6.20 Å². The summed E-state index contributed by atoms with van der Waals surface area (Å²) in [6, 6.07) is 2.19. The number of hydrogen-bond donors (Lipinski definition) is 1. The first-order valence-corrected chi connectivity index (χ1v) is 13.2. The van der Waals surface area contributed by atoms with Crippen molar-refractivity contribution >= 4 is 0 Å². The molecule has 0 aliphatic heterocycles. The van der Waals surface area contributed by atoms with Crippen molar-refractivity contribution in [3.63, 3.8) is 0 Å². The zero-order chi connectivity index (χ0) is 22.3. The van der Waals surface area contributed by atoms with Crippen LogP contribution >= 0.6 is 0 Å². The number of nitriles is 1. The van der Waals surface area contributed by atoms with Crippen LogP contribution in [0.25, 0.3) is 0 Å². The maximum Gasteiger partial charge on any atom is 0.102 e. The normalized spacial score (nSPS) is 43.2. The molecule has 4 fully saturated rings. The van der Waals surface area contributed by atoms with E-state index in [9.17, 15) is 5.11 Å². The Labute approximate surface area is 193 Å². The summed E-state index contributed by atoms with van der Waals surface area (Å²) in [7, 11) is 0. The first-order chi connectivity index (χ1) is 15.5. The Morgan fingerprint density at radius 1 is 1.16 bits per heavy atom. The molecule has 5 nitrogen and oxygen atoms in total. The minimum Gasteiger partial charge on any atom is -0.387 e. The summed E-state index contributed by atoms with van der Waals surface area (Å²) < 4.78 is 7.60. The minimum atomic E-state index is -0.580. The number of aryl methyl sites for hydroxylation is 1. The van der Waals surface area contributed by atoms with E-state index < -0.39 is 5.60 Å². The van der Waals surface area contributed by atoms with Gasteiger partial charge < -0.3 is 9.84 Å². The number of ether oxygens (including phenoxy) is 1. The Balaban J connectivity index is 1.23. The van der Waals surface area contributed by atoms with Gasteiger partial charge in [-0.2, -0.15) is 10.4 Å². The van der Waals surface area contributed by atoms with Gasteiger partial charge in [0.1, 0.15) is 6.07 Å². The molecule has 4 aliphatic rings. The fourth-order valence-electron chi connectivity index (χ4n) is 8.80. The Morgan fingerprint density at radius 3 is 2.78 bits per heavy atom. The molecule has 5 heteroatoms. The van der Waals surface area contributed by atoms with E-state index in [0.29, 0.717) is 30.1 Å². The molecule has 0 aromatic carbocycles. The maximum absolute atomic E-state index is 11.1. The molecule has 0 unspecified atom stereocenters. The molecular formula is C27H41N3O2. The van der Waals surface area contributed by atoms with E-state index in [0.717, 1.165) is 49.0 Å². The minimum absolute atomic E-state index is 0.476. The van der Waals surface area contributed by atoms with E-state index in [1.165, 1.54) is 51.4 Å². The van der Waals surface area contributed by atoms with Crippen molar-refractivity contribution in [1.29, 1.82) is 5.26 Å². The monoisotopic (exact) mass is 439 g/mol. The van der Waals surface area contributed by atoms with Crippen molar-refractivity contribution in [3.8, 4) is 6.07 Å². The van der Waals surface area contributed by atoms with Gasteiger partial charge >= 0.3 is 0 Å². The van der Waals surface area contributed by atoms with Gasteiger partial charge in [-0.15, -0.1) is 0 Å². The Morgan fingerprint density at radius 2 is 2.00 bits per heavy atom. The van der Waals surface area contributed by atoms with Gasteiger partial charge in [0.25, 0.3) is 0 Å². The highest BCUT2D eigenvalue weighted by Crippen LogP contribution is 2.65. The summed E-state index contributed by atoms with van der Waals surface area (Å²) in [4.78, 5) is 0. The van der Waals surface area contributed by atoms with E-state index in [2.05, 4.69) is 18.1 Å². The van der Waals surface area contributed by atoms with Crippen molar-refractivity contribution in [2.24, 2.45) is 40.9 Å². The number of nitrogens with zero attached hydrogens (tertiary/aromatic N) is 3. The van der Waals surface area contributed by atoms with Crippen molar-refractivity contribution in [2.75, 3.05) is 13.2 Å². The predicted molar refractivity (Wildman–Crippen MR) is 124 cm³/mol. The second-order valence-corrected chi connectivity index (χ2v) is 11.8. The second kappa shape index (κ2) is 8.76. The van der Waals surface area contributed by atoms with Gasteiger partial charge in [0, 0.05) is 19.3 Å². The van der Waals surface area contributed by atoms with Crippen LogP contribution < -0.4 is 0 Å². The van der Waals surface area contributed by atoms with Gasteiger partial charge in [0.15, 0.2) is 0 Å². The van der Waals surface area contributed by atoms with Gasteiger partial charge in [-0.1, -0.05) is 6.92 Å². The third-order valence-electron chi connectivity index (χ3n) is 10.3. The molecule has 4 saturated carbocycles. The van der Waals surface area contributed by atoms with Crippen molar-refractivity contribution in [1.82, 2.24) is 9.78 Å². The lowest BCUT2D eigenvalue weighted by Crippen LogP contribution is -2.52. The highest BCUT2D eigenvalue weighted by atomic mass is 16.5. The topological polar surface area (TPSA) is 71.1 Å². The lowest BCUT2D eigenvalue weighted by molar-refractivity contribution is -0.128. The summed E-state index contributed by atoms with van der Waals surface area (Å²) in [6.07, 6.45) is 16.0. The van der Waals surface area contributed by atoms with Crippen molar-refractivity contribution in [2.45, 2.75) is 90.2 Å². The van der Waals surface area contributed by atoms with Gasteiger partial charge in [0.2, 0.25) is 0 Å². The number of aromatic nitrogens is 2. The molecule has 5 rings (SSSR count). The SMILES string of the molecule is CCOC[C@@]1(O)CC[C@H]2[C@H](CC[C@@H]3[C@@H]2CC[C@]2(C)[C@@H](CCn4cc(C#N)cn4)CC[C@@H]32)C1. The molecule has 1 N–H and O–H groups in total. The number of hydrogen-bond acceptors (Lipinski definition) is 4. The molecule has 0 saturated heterocycles. The van der Waals surface area contributed by atoms with Gasteiger partial charge in [-0.3, -0.25) is 4.68 Å². The third kappa shape index (κ3) is 3.92. The summed E-state index contributed by atoms with van der Waals surface area (Å²) >= 11 is 0. The summed E-state index contributed by atoms with van der Waals surface area (Å²) in [5, 5.41) is 24.5. The molecule has 1 aromatic rings. The zero-order valence-electron chi connectivity index (χ0n) is 20.0. The lowest BCUT2D eigenvalue weighted by Gasteiger charge is -2.57. The van der Waals surface area contributed by atoms with Crippen LogP contribution in [0.3, 0.4) is 0 Å². The quantitative estimate of drug-likeness (QED) is 0.663. The molecule has 1 aromatic heterocycles. The lowest BCUT2D eigenvalue weighted by atomic mass is 9.49. The fourth-order valence-corrected chi connectivity index (χ4v) is 8.80. The van der Waals surface area contributed by atoms with E-state index in [4.69, 9.17) is 10.00 Å². The Kier molecular flexibility index (Phi) is 6.14. The van der Waals surface area contributed by atoms with Crippen LogP contribution in [0, 0.1) is 52.3 Å². The van der Waals surface area contributed by atoms with Crippen LogP contribution in [0.2, 0.25) is 0 Å². The van der Waals surface area contributed by atoms with Crippen LogP contribution in [0.5, 0.6) is 0 Å². The van der Waals surface area contributed by atoms with Crippen molar-refractivity contribution < 1.29 is 9.84 Å². The summed E-state index contributed by atoms with van der Waals surface area (Å²) in [5.41, 5.74) is 0.561. The molecule has 32 heavy (non-hydrogen) atoms. The van der Waals surface area contributed by atoms with Gasteiger partial charge in [-0.25, -0.2) is 0 Å². The summed E-state index contributed by atoms with van der Waals surface area (Å²) in [5.74, 6) is 4.96. The molecule has 8 atom stereocenters. The average Bonchev–Trinajstić information content (AvgIpc) is 3.39. The van der Waals surface area contributed by atoms with Crippen LogP contribution in [0.4, 0.5) is 0 Å². The zero-order valence-corrected chi connectivity index (χ0v) is 20.0. The van der Waals surface area contributed by atoms with E-state index >= 15 is 0 Å². The maximum atomic E-state index is 11.1. The van der Waals surface area contributed by atoms with E-state index in [-0.39, 0.29) is 0 Å². The fraction of sp³-hybridized carbons (Fsp3) is 0.852. The molecular weight excluding hydrogens is 398 g/mol. The Bertz CT molecular complexity index is 846. The number of fused-ring (bicyclic) bond motifs is 5. The van der Waals surface area contributed by atoms with E-state index in [1.807, 2.05) is 17.8 Å². The van der Waals surface area contributed by atoms with Gasteiger partial charge in [-0.05, 0) is 112 Å². The van der Waals surface area contributed by atoms with Gasteiger partial charge in [0.05, 0.1) is 24.0 Å². The van der Waals surface area contributed by atoms with Crippen LogP contribution in [0.1, 0.15) is 83.6 Å². The van der Waals surface area contributed by atoms with Crippen LogP contribution in [-0.4, -0.2) is 33.7 Å². The summed E-state index contributed by atoms with van der Waals surface area (Å²) in [6.45, 7) is 6.78. The molecule has 176 valence electrons. The first-order valence-electron chi connectivity index (χ1n) is 13.2. The van der Waals surface area contributed by atoms with Crippen LogP contribution in [-0.2, 0) is 11.3 Å². The molecule has 1 heterocycles. The molecule has 0 radical (unpaired) electrons. The smallest absolute Gasteiger partial charge is 0.102 e. The third-order valence-corrected chi connectivity index (χ3v) is 10.3. The highest BCUT2D eigenvalue weighted by Gasteiger charge is 2.57.